The Morgan fingerprint density at radius 1 is 1.22 bits per heavy atom. The van der Waals surface area contributed by atoms with Gasteiger partial charge in [0.2, 0.25) is 10.0 Å². The molecule has 0 bridgehead atoms. The Labute approximate surface area is 147 Å². The molecule has 0 aromatic heterocycles. The zero-order valence-electron chi connectivity index (χ0n) is 13.8. The van der Waals surface area contributed by atoms with Crippen LogP contribution >= 0.6 is 15.9 Å². The van der Waals surface area contributed by atoms with Crippen LogP contribution in [0, 0.1) is 12.3 Å². The van der Waals surface area contributed by atoms with Gasteiger partial charge in [-0.2, -0.15) is 4.31 Å². The summed E-state index contributed by atoms with van der Waals surface area (Å²) in [6.45, 7) is 7.24. The van der Waals surface area contributed by atoms with Crippen LogP contribution < -0.4 is 0 Å². The summed E-state index contributed by atoms with van der Waals surface area (Å²) in [6, 6.07) is 7.13. The molecule has 23 heavy (non-hydrogen) atoms. The largest absolute Gasteiger partial charge is 0.243 e. The minimum Gasteiger partial charge on any atom is -0.207 e. The highest BCUT2D eigenvalue weighted by molar-refractivity contribution is 9.11. The van der Waals surface area contributed by atoms with Gasteiger partial charge in [0.25, 0.3) is 0 Å². The molecule has 3 nitrogen and oxygen atoms in total. The van der Waals surface area contributed by atoms with Crippen molar-refractivity contribution >= 4 is 26.0 Å². The lowest BCUT2D eigenvalue weighted by Crippen LogP contribution is -2.44. The van der Waals surface area contributed by atoms with E-state index in [1.54, 1.807) is 16.4 Å². The van der Waals surface area contributed by atoms with E-state index in [2.05, 4.69) is 29.8 Å². The Morgan fingerprint density at radius 2 is 1.87 bits per heavy atom. The van der Waals surface area contributed by atoms with E-state index in [0.29, 0.717) is 18.0 Å². The molecule has 1 atom stereocenters. The molecule has 1 heterocycles. The SMILES string of the molecule is CC1=C2/C(=C/Br)CC[C@]2(C)CN(S(=O)(=O)c2ccc(C)cc2)C1. The maximum atomic E-state index is 13.0. The lowest BCUT2D eigenvalue weighted by molar-refractivity contribution is 0.272. The highest BCUT2D eigenvalue weighted by Gasteiger charge is 2.45. The third kappa shape index (κ3) is 2.83. The molecular formula is C18H22BrNO2S. The molecule has 5 heteroatoms. The van der Waals surface area contributed by atoms with Gasteiger partial charge in [-0.3, -0.25) is 0 Å². The van der Waals surface area contributed by atoms with Crippen molar-refractivity contribution in [2.45, 2.75) is 38.5 Å². The van der Waals surface area contributed by atoms with Crippen molar-refractivity contribution < 1.29 is 8.42 Å². The summed E-state index contributed by atoms with van der Waals surface area (Å²) < 4.78 is 27.7. The first-order valence-corrected chi connectivity index (χ1v) is 10.2. The molecule has 124 valence electrons. The molecule has 1 aromatic carbocycles. The third-order valence-electron chi connectivity index (χ3n) is 5.03. The van der Waals surface area contributed by atoms with Crippen molar-refractivity contribution in [1.29, 1.82) is 0 Å². The molecule has 0 amide bonds. The van der Waals surface area contributed by atoms with Gasteiger partial charge in [-0.25, -0.2) is 8.42 Å². The van der Waals surface area contributed by atoms with Gasteiger partial charge in [0, 0.05) is 18.5 Å². The monoisotopic (exact) mass is 395 g/mol. The maximum Gasteiger partial charge on any atom is 0.243 e. The van der Waals surface area contributed by atoms with Crippen molar-refractivity contribution in [2.75, 3.05) is 13.1 Å². The lowest BCUT2D eigenvalue weighted by Gasteiger charge is -2.39. The first-order chi connectivity index (χ1) is 10.8. The summed E-state index contributed by atoms with van der Waals surface area (Å²) >= 11 is 3.46. The Kier molecular flexibility index (Phi) is 4.32. The van der Waals surface area contributed by atoms with Gasteiger partial charge in [-0.15, -0.1) is 0 Å². The fourth-order valence-electron chi connectivity index (χ4n) is 3.92. The van der Waals surface area contributed by atoms with Crippen molar-refractivity contribution in [3.63, 3.8) is 0 Å². The molecule has 1 aliphatic heterocycles. The molecular weight excluding hydrogens is 374 g/mol. The van der Waals surface area contributed by atoms with Crippen LogP contribution in [0.5, 0.6) is 0 Å². The van der Waals surface area contributed by atoms with Crippen molar-refractivity contribution in [3.8, 4) is 0 Å². The van der Waals surface area contributed by atoms with Gasteiger partial charge in [0.1, 0.15) is 0 Å². The Hall–Kier alpha value is -0.910. The summed E-state index contributed by atoms with van der Waals surface area (Å²) in [4.78, 5) is 2.39. The molecule has 1 saturated carbocycles. The van der Waals surface area contributed by atoms with Gasteiger partial charge >= 0.3 is 0 Å². The molecule has 2 aliphatic rings. The first kappa shape index (κ1) is 16.9. The molecule has 1 aromatic rings. The smallest absolute Gasteiger partial charge is 0.207 e. The van der Waals surface area contributed by atoms with E-state index in [-0.39, 0.29) is 5.41 Å². The van der Waals surface area contributed by atoms with Crippen LogP contribution in [-0.4, -0.2) is 25.8 Å². The number of benzene rings is 1. The normalized spacial score (nSPS) is 27.6. The fourth-order valence-corrected chi connectivity index (χ4v) is 5.98. The number of aryl methyl sites for hydroxylation is 1. The number of rotatable bonds is 2. The second-order valence-electron chi connectivity index (χ2n) is 6.94. The molecule has 1 aliphatic carbocycles. The zero-order valence-corrected chi connectivity index (χ0v) is 16.2. The minimum absolute atomic E-state index is 0.0836. The van der Waals surface area contributed by atoms with Crippen LogP contribution in [0.3, 0.4) is 0 Å². The van der Waals surface area contributed by atoms with E-state index >= 15 is 0 Å². The van der Waals surface area contributed by atoms with Gasteiger partial charge in [-0.05, 0) is 55.0 Å². The summed E-state index contributed by atoms with van der Waals surface area (Å²) in [5, 5.41) is 0. The number of allylic oxidation sites excluding steroid dienone is 1. The molecule has 1 fully saturated rings. The molecule has 0 radical (unpaired) electrons. The van der Waals surface area contributed by atoms with E-state index in [1.807, 2.05) is 24.0 Å². The van der Waals surface area contributed by atoms with Crippen LogP contribution in [0.4, 0.5) is 0 Å². The molecule has 0 spiro atoms. The number of halogens is 1. The number of fused-ring (bicyclic) bond motifs is 1. The summed E-state index contributed by atoms with van der Waals surface area (Å²) in [5.41, 5.74) is 4.82. The van der Waals surface area contributed by atoms with E-state index in [1.165, 1.54) is 11.1 Å². The number of hydrogen-bond acceptors (Lipinski definition) is 2. The first-order valence-electron chi connectivity index (χ1n) is 7.84. The third-order valence-corrected chi connectivity index (χ3v) is 7.39. The second-order valence-corrected chi connectivity index (χ2v) is 9.33. The number of sulfonamides is 1. The van der Waals surface area contributed by atoms with Crippen molar-refractivity contribution in [3.05, 3.63) is 51.5 Å². The van der Waals surface area contributed by atoms with Crippen molar-refractivity contribution in [1.82, 2.24) is 4.31 Å². The molecule has 0 saturated heterocycles. The number of nitrogens with zero attached hydrogens (tertiary/aromatic N) is 1. The van der Waals surface area contributed by atoms with Crippen LogP contribution in [0.1, 0.15) is 32.3 Å². The molecule has 3 rings (SSSR count). The predicted molar refractivity (Wildman–Crippen MR) is 97.0 cm³/mol. The Balaban J connectivity index is 2.00. The van der Waals surface area contributed by atoms with Crippen LogP contribution in [0.15, 0.2) is 50.9 Å². The molecule has 0 unspecified atom stereocenters. The van der Waals surface area contributed by atoms with E-state index in [4.69, 9.17) is 0 Å². The quantitative estimate of drug-likeness (QED) is 0.744. The van der Waals surface area contributed by atoms with Crippen LogP contribution in [0.2, 0.25) is 0 Å². The van der Waals surface area contributed by atoms with Crippen molar-refractivity contribution in [2.24, 2.45) is 5.41 Å². The fraction of sp³-hybridized carbons (Fsp3) is 0.444. The van der Waals surface area contributed by atoms with E-state index in [9.17, 15) is 8.42 Å². The predicted octanol–water partition coefficient (Wildman–Crippen LogP) is 4.39. The highest BCUT2D eigenvalue weighted by Crippen LogP contribution is 2.51. The van der Waals surface area contributed by atoms with Crippen LogP contribution in [-0.2, 0) is 10.0 Å². The zero-order chi connectivity index (χ0) is 16.8. The van der Waals surface area contributed by atoms with Crippen LogP contribution in [0.25, 0.3) is 0 Å². The standard InChI is InChI=1S/C18H22BrNO2S/c1-13-4-6-16(7-5-13)23(21,22)20-11-14(2)17-15(10-19)8-9-18(17,3)12-20/h4-7,10H,8-9,11-12H2,1-3H3/b15-10+/t18-/m1/s1. The topological polar surface area (TPSA) is 37.4 Å². The van der Waals surface area contributed by atoms with Gasteiger partial charge in [0.15, 0.2) is 0 Å². The summed E-state index contributed by atoms with van der Waals surface area (Å²) in [6.07, 6.45) is 2.00. The average Bonchev–Trinajstić information content (AvgIpc) is 2.85. The average molecular weight is 396 g/mol. The Bertz CT molecular complexity index is 793. The summed E-state index contributed by atoms with van der Waals surface area (Å²) in [7, 11) is -3.44. The maximum absolute atomic E-state index is 13.0. The minimum atomic E-state index is -3.44. The van der Waals surface area contributed by atoms with Gasteiger partial charge < -0.3 is 0 Å². The Morgan fingerprint density at radius 3 is 2.48 bits per heavy atom. The van der Waals surface area contributed by atoms with Gasteiger partial charge in [-0.1, -0.05) is 46.1 Å². The summed E-state index contributed by atoms with van der Waals surface area (Å²) in [5.74, 6) is 0. The number of hydrogen-bond donors (Lipinski definition) is 0. The lowest BCUT2D eigenvalue weighted by atomic mass is 9.79. The van der Waals surface area contributed by atoms with E-state index in [0.717, 1.165) is 24.0 Å². The second kappa shape index (κ2) is 5.87. The van der Waals surface area contributed by atoms with E-state index < -0.39 is 10.0 Å². The highest BCUT2D eigenvalue weighted by atomic mass is 79.9. The molecule has 0 N–H and O–H groups in total. The van der Waals surface area contributed by atoms with Gasteiger partial charge in [0.05, 0.1) is 4.90 Å².